The van der Waals surface area contributed by atoms with Crippen LogP contribution in [0.2, 0.25) is 5.02 Å². The van der Waals surface area contributed by atoms with Crippen molar-refractivity contribution in [1.29, 1.82) is 0 Å². The number of halogens is 1. The maximum absolute atomic E-state index is 12.5. The second-order valence-electron chi connectivity index (χ2n) is 7.52. The topological polar surface area (TPSA) is 72.3 Å². The lowest BCUT2D eigenvalue weighted by atomic mass is 10.1. The highest BCUT2D eigenvalue weighted by molar-refractivity contribution is 7.99. The molecule has 0 saturated carbocycles. The molecular weight excluding hydrogens is 410 g/mol. The number of ether oxygens (including phenoxy) is 1. The average Bonchev–Trinajstić information content (AvgIpc) is 3.09. The maximum atomic E-state index is 12.5. The van der Waals surface area contributed by atoms with E-state index in [9.17, 15) is 4.79 Å². The van der Waals surface area contributed by atoms with Crippen LogP contribution in [-0.2, 0) is 16.1 Å². The summed E-state index contributed by atoms with van der Waals surface area (Å²) in [6.45, 7) is 10.1. The number of nitrogens with one attached hydrogen (secondary N) is 1. The van der Waals surface area contributed by atoms with Crippen LogP contribution in [-0.4, -0.2) is 52.7 Å². The monoisotopic (exact) mass is 437 g/mol. The lowest BCUT2D eigenvalue weighted by molar-refractivity contribution is -0.119. The second kappa shape index (κ2) is 10.3. The molecule has 1 atom stereocenters. The SMILES string of the molecule is CC(C)Cn1c(SCC(=O)NC(C)c2ccc(Cl)cc2)nnc1N1CCOCC1. The third kappa shape index (κ3) is 6.10. The Kier molecular flexibility index (Phi) is 7.80. The molecule has 0 radical (unpaired) electrons. The molecule has 1 fully saturated rings. The summed E-state index contributed by atoms with van der Waals surface area (Å²) in [6.07, 6.45) is 0. The molecule has 1 aliphatic rings. The number of anilines is 1. The molecule has 1 amide bonds. The van der Waals surface area contributed by atoms with E-state index in [-0.39, 0.29) is 17.7 Å². The maximum Gasteiger partial charge on any atom is 0.230 e. The fourth-order valence-electron chi connectivity index (χ4n) is 3.16. The summed E-state index contributed by atoms with van der Waals surface area (Å²) in [6, 6.07) is 7.42. The molecule has 1 N–H and O–H groups in total. The number of rotatable bonds is 8. The first-order chi connectivity index (χ1) is 13.9. The Labute approximate surface area is 181 Å². The molecule has 1 aromatic carbocycles. The van der Waals surface area contributed by atoms with Gasteiger partial charge in [0.25, 0.3) is 0 Å². The van der Waals surface area contributed by atoms with E-state index < -0.39 is 0 Å². The van der Waals surface area contributed by atoms with Gasteiger partial charge in [-0.1, -0.05) is 49.3 Å². The van der Waals surface area contributed by atoms with Gasteiger partial charge in [-0.25, -0.2) is 0 Å². The van der Waals surface area contributed by atoms with Crippen LogP contribution in [0.5, 0.6) is 0 Å². The molecule has 1 aliphatic heterocycles. The molecule has 0 bridgehead atoms. The van der Waals surface area contributed by atoms with Crippen LogP contribution in [0.4, 0.5) is 5.95 Å². The Morgan fingerprint density at radius 3 is 2.55 bits per heavy atom. The lowest BCUT2D eigenvalue weighted by Crippen LogP contribution is -2.38. The number of aromatic nitrogens is 3. The van der Waals surface area contributed by atoms with Gasteiger partial charge in [0.2, 0.25) is 11.9 Å². The summed E-state index contributed by atoms with van der Waals surface area (Å²) in [5.41, 5.74) is 1.02. The zero-order chi connectivity index (χ0) is 20.8. The van der Waals surface area contributed by atoms with E-state index in [0.717, 1.165) is 36.3 Å². The number of carbonyl (C=O) groups excluding carboxylic acids is 1. The summed E-state index contributed by atoms with van der Waals surface area (Å²) in [4.78, 5) is 14.7. The molecular formula is C20H28ClN5O2S. The van der Waals surface area contributed by atoms with Crippen molar-refractivity contribution in [2.75, 3.05) is 37.0 Å². The third-order valence-corrected chi connectivity index (χ3v) is 5.84. The predicted molar refractivity (Wildman–Crippen MR) is 117 cm³/mol. The first-order valence-corrected chi connectivity index (χ1v) is 11.2. The van der Waals surface area contributed by atoms with E-state index in [2.05, 4.69) is 38.8 Å². The molecule has 1 unspecified atom stereocenters. The van der Waals surface area contributed by atoms with Gasteiger partial charge in [-0.3, -0.25) is 9.36 Å². The van der Waals surface area contributed by atoms with Gasteiger partial charge in [-0.2, -0.15) is 0 Å². The molecule has 2 aromatic rings. The lowest BCUT2D eigenvalue weighted by Gasteiger charge is -2.28. The van der Waals surface area contributed by atoms with Gasteiger partial charge in [-0.05, 0) is 30.5 Å². The van der Waals surface area contributed by atoms with Gasteiger partial charge < -0.3 is 15.0 Å². The largest absolute Gasteiger partial charge is 0.378 e. The highest BCUT2D eigenvalue weighted by atomic mass is 35.5. The molecule has 3 rings (SSSR count). The van der Waals surface area contributed by atoms with Crippen LogP contribution in [0.25, 0.3) is 0 Å². The highest BCUT2D eigenvalue weighted by Gasteiger charge is 2.22. The molecule has 158 valence electrons. The number of carbonyl (C=O) groups is 1. The number of hydrogen-bond donors (Lipinski definition) is 1. The minimum atomic E-state index is -0.0854. The summed E-state index contributed by atoms with van der Waals surface area (Å²) < 4.78 is 7.56. The van der Waals surface area contributed by atoms with Gasteiger partial charge in [0.15, 0.2) is 5.16 Å². The minimum Gasteiger partial charge on any atom is -0.378 e. The summed E-state index contributed by atoms with van der Waals surface area (Å²) in [5, 5.41) is 13.3. The van der Waals surface area contributed by atoms with E-state index in [4.69, 9.17) is 16.3 Å². The van der Waals surface area contributed by atoms with Crippen molar-refractivity contribution in [3.63, 3.8) is 0 Å². The van der Waals surface area contributed by atoms with Gasteiger partial charge in [0, 0.05) is 24.7 Å². The molecule has 0 spiro atoms. The first-order valence-electron chi connectivity index (χ1n) is 9.87. The standard InChI is InChI=1S/C20H28ClN5O2S/c1-14(2)12-26-19(25-8-10-28-11-9-25)23-24-20(26)29-13-18(27)22-15(3)16-4-6-17(21)7-5-16/h4-7,14-15H,8-13H2,1-3H3,(H,22,27). The molecule has 1 aromatic heterocycles. The number of hydrogen-bond acceptors (Lipinski definition) is 6. The van der Waals surface area contributed by atoms with Crippen LogP contribution in [0.1, 0.15) is 32.4 Å². The van der Waals surface area contributed by atoms with E-state index in [0.29, 0.717) is 24.2 Å². The van der Waals surface area contributed by atoms with Gasteiger partial charge in [-0.15, -0.1) is 10.2 Å². The van der Waals surface area contributed by atoms with Crippen molar-refractivity contribution in [2.24, 2.45) is 5.92 Å². The number of benzene rings is 1. The van der Waals surface area contributed by atoms with Crippen molar-refractivity contribution < 1.29 is 9.53 Å². The van der Waals surface area contributed by atoms with Crippen LogP contribution in [0.15, 0.2) is 29.4 Å². The summed E-state index contributed by atoms with van der Waals surface area (Å²) in [5.74, 6) is 1.56. The zero-order valence-corrected chi connectivity index (χ0v) is 18.7. The molecule has 1 saturated heterocycles. The smallest absolute Gasteiger partial charge is 0.230 e. The molecule has 7 nitrogen and oxygen atoms in total. The molecule has 0 aliphatic carbocycles. The van der Waals surface area contributed by atoms with E-state index in [1.165, 1.54) is 11.8 Å². The Balaban J connectivity index is 1.62. The quantitative estimate of drug-likeness (QED) is 0.638. The van der Waals surface area contributed by atoms with Crippen LogP contribution < -0.4 is 10.2 Å². The van der Waals surface area contributed by atoms with Gasteiger partial charge in [0.05, 0.1) is 25.0 Å². The van der Waals surface area contributed by atoms with E-state index in [1.54, 1.807) is 0 Å². The third-order valence-electron chi connectivity index (χ3n) is 4.62. The minimum absolute atomic E-state index is 0.0375. The van der Waals surface area contributed by atoms with Crippen molar-refractivity contribution >= 4 is 35.2 Å². The van der Waals surface area contributed by atoms with Crippen molar-refractivity contribution in [3.05, 3.63) is 34.9 Å². The fraction of sp³-hybridized carbons (Fsp3) is 0.550. The van der Waals surface area contributed by atoms with E-state index >= 15 is 0 Å². The van der Waals surface area contributed by atoms with Crippen molar-refractivity contribution in [1.82, 2.24) is 20.1 Å². The normalized spacial score (nSPS) is 15.6. The number of morpholine rings is 1. The fourth-order valence-corrected chi connectivity index (χ4v) is 4.04. The summed E-state index contributed by atoms with van der Waals surface area (Å²) >= 11 is 7.35. The van der Waals surface area contributed by atoms with Gasteiger partial charge >= 0.3 is 0 Å². The second-order valence-corrected chi connectivity index (χ2v) is 8.89. The van der Waals surface area contributed by atoms with Crippen LogP contribution in [0.3, 0.4) is 0 Å². The summed E-state index contributed by atoms with van der Waals surface area (Å²) in [7, 11) is 0. The van der Waals surface area contributed by atoms with E-state index in [1.807, 2.05) is 31.2 Å². The number of nitrogens with zero attached hydrogens (tertiary/aromatic N) is 4. The van der Waals surface area contributed by atoms with Gasteiger partial charge in [0.1, 0.15) is 0 Å². The Hall–Kier alpha value is -1.77. The molecule has 29 heavy (non-hydrogen) atoms. The molecule has 9 heteroatoms. The highest BCUT2D eigenvalue weighted by Crippen LogP contribution is 2.24. The van der Waals surface area contributed by atoms with Crippen molar-refractivity contribution in [3.8, 4) is 0 Å². The molecule has 2 heterocycles. The van der Waals surface area contributed by atoms with Crippen LogP contribution in [0, 0.1) is 5.92 Å². The number of thioether (sulfide) groups is 1. The Bertz CT molecular complexity index is 806. The predicted octanol–water partition coefficient (Wildman–Crippen LogP) is 3.39. The van der Waals surface area contributed by atoms with Crippen molar-refractivity contribution in [2.45, 2.75) is 38.5 Å². The number of amides is 1. The first kappa shape index (κ1) is 21.9. The Morgan fingerprint density at radius 2 is 1.90 bits per heavy atom. The van der Waals surface area contributed by atoms with Crippen LogP contribution >= 0.6 is 23.4 Å². The zero-order valence-electron chi connectivity index (χ0n) is 17.1. The Morgan fingerprint density at radius 1 is 1.21 bits per heavy atom. The average molecular weight is 438 g/mol.